The number of hydrogen-bond acceptors (Lipinski definition) is 4. The van der Waals surface area contributed by atoms with E-state index in [0.717, 1.165) is 12.1 Å². The van der Waals surface area contributed by atoms with Gasteiger partial charge in [-0.25, -0.2) is 12.8 Å². The summed E-state index contributed by atoms with van der Waals surface area (Å²) in [4.78, 5) is -0.545. The molecule has 0 aliphatic carbocycles. The highest BCUT2D eigenvalue weighted by Gasteiger charge is 2.22. The zero-order valence-corrected chi connectivity index (χ0v) is 14.4. The normalized spacial score (nSPS) is 11.2. The molecule has 2 aromatic rings. The summed E-state index contributed by atoms with van der Waals surface area (Å²) in [5.41, 5.74) is 0.0488. The average molecular weight is 380 g/mol. The minimum absolute atomic E-state index is 0.0488. The molecule has 9 heteroatoms. The lowest BCUT2D eigenvalue weighted by molar-refractivity contribution is 0.396. The van der Waals surface area contributed by atoms with Crippen LogP contribution in [-0.2, 0) is 10.0 Å². The highest BCUT2D eigenvalue weighted by Crippen LogP contribution is 2.37. The van der Waals surface area contributed by atoms with Crippen LogP contribution in [0.4, 0.5) is 10.1 Å². The third kappa shape index (κ3) is 3.80. The first kappa shape index (κ1) is 17.7. The number of nitrogens with one attached hydrogen (secondary N) is 1. The van der Waals surface area contributed by atoms with Crippen LogP contribution in [-0.4, -0.2) is 22.6 Å². The van der Waals surface area contributed by atoms with Crippen LogP contribution in [0.5, 0.6) is 11.5 Å². The van der Waals surface area contributed by atoms with Gasteiger partial charge >= 0.3 is 0 Å². The van der Waals surface area contributed by atoms with Crippen LogP contribution in [0.25, 0.3) is 0 Å². The van der Waals surface area contributed by atoms with Crippen molar-refractivity contribution in [2.75, 3.05) is 18.9 Å². The summed E-state index contributed by atoms with van der Waals surface area (Å²) in [5, 5.41) is 0.258. The fourth-order valence-corrected chi connectivity index (χ4v) is 3.35. The highest BCUT2D eigenvalue weighted by molar-refractivity contribution is 7.92. The van der Waals surface area contributed by atoms with Crippen molar-refractivity contribution in [1.29, 1.82) is 0 Å². The fourth-order valence-electron chi connectivity index (χ4n) is 1.83. The van der Waals surface area contributed by atoms with E-state index < -0.39 is 20.7 Å². The van der Waals surface area contributed by atoms with Crippen LogP contribution < -0.4 is 14.2 Å². The zero-order valence-electron chi connectivity index (χ0n) is 12.1. The SMILES string of the molecule is COc1cc(OC)c(NS(=O)(=O)c2ccc(Cl)cc2F)cc1Cl. The minimum Gasteiger partial charge on any atom is -0.495 e. The minimum atomic E-state index is -4.19. The van der Waals surface area contributed by atoms with Crippen molar-refractivity contribution in [3.8, 4) is 11.5 Å². The summed E-state index contributed by atoms with van der Waals surface area (Å²) < 4.78 is 50.9. The lowest BCUT2D eigenvalue weighted by Crippen LogP contribution is -2.15. The van der Waals surface area contributed by atoms with Crippen LogP contribution in [0.3, 0.4) is 0 Å². The molecule has 1 N–H and O–H groups in total. The first-order chi connectivity index (χ1) is 10.8. The maximum atomic E-state index is 13.8. The van der Waals surface area contributed by atoms with E-state index in [0.29, 0.717) is 5.75 Å². The molecule has 0 saturated heterocycles. The van der Waals surface area contributed by atoms with Crippen molar-refractivity contribution in [3.63, 3.8) is 0 Å². The lowest BCUT2D eigenvalue weighted by atomic mass is 10.3. The summed E-state index contributed by atoms with van der Waals surface area (Å²) in [6, 6.07) is 5.98. The molecule has 0 unspecified atom stereocenters. The van der Waals surface area contributed by atoms with Gasteiger partial charge in [0.1, 0.15) is 22.2 Å². The lowest BCUT2D eigenvalue weighted by Gasteiger charge is -2.14. The summed E-state index contributed by atoms with van der Waals surface area (Å²) in [6.45, 7) is 0. The van der Waals surface area contributed by atoms with Crippen LogP contribution in [0.1, 0.15) is 0 Å². The van der Waals surface area contributed by atoms with Gasteiger partial charge in [0.25, 0.3) is 10.0 Å². The van der Waals surface area contributed by atoms with Gasteiger partial charge in [0.2, 0.25) is 0 Å². The molecular weight excluding hydrogens is 368 g/mol. The Hall–Kier alpha value is -1.70. The van der Waals surface area contributed by atoms with Gasteiger partial charge in [0.15, 0.2) is 0 Å². The van der Waals surface area contributed by atoms with Crippen molar-refractivity contribution >= 4 is 38.9 Å². The van der Waals surface area contributed by atoms with Crippen molar-refractivity contribution in [1.82, 2.24) is 0 Å². The first-order valence-electron chi connectivity index (χ1n) is 6.18. The predicted molar refractivity (Wildman–Crippen MR) is 86.8 cm³/mol. The van der Waals surface area contributed by atoms with E-state index in [9.17, 15) is 12.8 Å². The Balaban J connectivity index is 2.46. The monoisotopic (exact) mass is 379 g/mol. The molecule has 0 aromatic heterocycles. The third-order valence-corrected chi connectivity index (χ3v) is 4.83. The third-order valence-electron chi connectivity index (χ3n) is 2.90. The molecule has 0 saturated carbocycles. The Morgan fingerprint density at radius 1 is 1.04 bits per heavy atom. The van der Waals surface area contributed by atoms with E-state index >= 15 is 0 Å². The summed E-state index contributed by atoms with van der Waals surface area (Å²) in [7, 11) is -1.43. The Morgan fingerprint density at radius 2 is 1.70 bits per heavy atom. The summed E-state index contributed by atoms with van der Waals surface area (Å²) in [5.74, 6) is -0.489. The van der Waals surface area contributed by atoms with E-state index in [1.165, 1.54) is 32.4 Å². The molecule has 2 rings (SSSR count). The van der Waals surface area contributed by atoms with E-state index in [-0.39, 0.29) is 21.5 Å². The van der Waals surface area contributed by atoms with E-state index in [4.69, 9.17) is 32.7 Å². The van der Waals surface area contributed by atoms with Crippen molar-refractivity contribution < 1.29 is 22.3 Å². The molecule has 0 amide bonds. The van der Waals surface area contributed by atoms with Crippen molar-refractivity contribution in [3.05, 3.63) is 46.2 Å². The van der Waals surface area contributed by atoms with Crippen LogP contribution in [0.2, 0.25) is 10.0 Å². The average Bonchev–Trinajstić information content (AvgIpc) is 2.46. The Labute approximate surface area is 143 Å². The zero-order chi connectivity index (χ0) is 17.2. The molecule has 0 fully saturated rings. The van der Waals surface area contributed by atoms with Gasteiger partial charge in [-0.3, -0.25) is 4.72 Å². The molecule has 0 atom stereocenters. The fraction of sp³-hybridized carbons (Fsp3) is 0.143. The molecule has 0 bridgehead atoms. The summed E-state index contributed by atoms with van der Waals surface area (Å²) >= 11 is 11.6. The second-order valence-corrected chi connectivity index (χ2v) is 6.86. The molecule has 124 valence electrons. The van der Waals surface area contributed by atoms with E-state index in [1.54, 1.807) is 0 Å². The van der Waals surface area contributed by atoms with E-state index in [2.05, 4.69) is 4.72 Å². The molecule has 0 aliphatic rings. The molecule has 0 heterocycles. The van der Waals surface area contributed by atoms with Crippen LogP contribution in [0.15, 0.2) is 35.2 Å². The van der Waals surface area contributed by atoms with Crippen molar-refractivity contribution in [2.45, 2.75) is 4.90 Å². The molecular formula is C14H12Cl2FNO4S. The number of halogens is 3. The Kier molecular flexibility index (Phi) is 5.23. The second-order valence-electron chi connectivity index (χ2n) is 4.37. The number of benzene rings is 2. The molecule has 0 spiro atoms. The Morgan fingerprint density at radius 3 is 2.26 bits per heavy atom. The van der Waals surface area contributed by atoms with E-state index in [1.807, 2.05) is 0 Å². The molecule has 5 nitrogen and oxygen atoms in total. The van der Waals surface area contributed by atoms with Gasteiger partial charge in [0, 0.05) is 11.1 Å². The maximum Gasteiger partial charge on any atom is 0.264 e. The number of ether oxygens (including phenoxy) is 2. The quantitative estimate of drug-likeness (QED) is 0.853. The summed E-state index contributed by atoms with van der Waals surface area (Å²) in [6.07, 6.45) is 0. The van der Waals surface area contributed by atoms with Crippen LogP contribution >= 0.6 is 23.2 Å². The van der Waals surface area contributed by atoms with Gasteiger partial charge in [-0.15, -0.1) is 0 Å². The number of hydrogen-bond donors (Lipinski definition) is 1. The second kappa shape index (κ2) is 6.82. The predicted octanol–water partition coefficient (Wildman–Crippen LogP) is 3.95. The Bertz CT molecular complexity index is 843. The first-order valence-corrected chi connectivity index (χ1v) is 8.42. The van der Waals surface area contributed by atoms with Gasteiger partial charge in [-0.05, 0) is 24.3 Å². The molecule has 0 aliphatic heterocycles. The number of rotatable bonds is 5. The smallest absolute Gasteiger partial charge is 0.264 e. The largest absolute Gasteiger partial charge is 0.495 e. The van der Waals surface area contributed by atoms with Gasteiger partial charge in [0.05, 0.1) is 24.9 Å². The van der Waals surface area contributed by atoms with Crippen molar-refractivity contribution in [2.24, 2.45) is 0 Å². The van der Waals surface area contributed by atoms with Gasteiger partial charge < -0.3 is 9.47 Å². The number of methoxy groups -OCH3 is 2. The van der Waals surface area contributed by atoms with Crippen LogP contribution in [0, 0.1) is 5.82 Å². The van der Waals surface area contributed by atoms with Gasteiger partial charge in [-0.2, -0.15) is 0 Å². The molecule has 23 heavy (non-hydrogen) atoms. The molecule has 2 aromatic carbocycles. The number of sulfonamides is 1. The molecule has 0 radical (unpaired) electrons. The maximum absolute atomic E-state index is 13.8. The standard InChI is InChI=1S/C14H12Cl2FNO4S/c1-21-12-7-13(22-2)11(6-9(12)16)18-23(19,20)14-4-3-8(15)5-10(14)17/h3-7,18H,1-2H3. The number of anilines is 1. The topological polar surface area (TPSA) is 64.6 Å². The van der Waals surface area contributed by atoms with Gasteiger partial charge in [-0.1, -0.05) is 23.2 Å². The highest BCUT2D eigenvalue weighted by atomic mass is 35.5.